The van der Waals surface area contributed by atoms with Crippen LogP contribution in [-0.4, -0.2) is 60.1 Å². The SMILES string of the molecule is COc1ccc(CC(=O)N2CCN(c3ncns3)CC2)cc1OC(F)F. The Labute approximate surface area is 153 Å². The number of aromatic nitrogens is 2. The monoisotopic (exact) mass is 384 g/mol. The summed E-state index contributed by atoms with van der Waals surface area (Å²) in [5.41, 5.74) is 0.595. The number of amides is 1. The fraction of sp³-hybridized carbons (Fsp3) is 0.438. The van der Waals surface area contributed by atoms with Crippen molar-refractivity contribution in [2.75, 3.05) is 38.2 Å². The van der Waals surface area contributed by atoms with Crippen LogP contribution >= 0.6 is 11.5 Å². The lowest BCUT2D eigenvalue weighted by atomic mass is 10.1. The molecule has 0 atom stereocenters. The minimum absolute atomic E-state index is 0.0601. The molecule has 1 aliphatic rings. The highest BCUT2D eigenvalue weighted by atomic mass is 32.1. The number of piperazine rings is 1. The largest absolute Gasteiger partial charge is 0.493 e. The van der Waals surface area contributed by atoms with Crippen molar-refractivity contribution in [3.05, 3.63) is 30.1 Å². The lowest BCUT2D eigenvalue weighted by Gasteiger charge is -2.34. The molecule has 1 fully saturated rings. The number of benzene rings is 1. The summed E-state index contributed by atoms with van der Waals surface area (Å²) in [6, 6.07) is 4.61. The number of hydrogen-bond acceptors (Lipinski definition) is 7. The summed E-state index contributed by atoms with van der Waals surface area (Å²) in [4.78, 5) is 20.5. The van der Waals surface area contributed by atoms with E-state index in [1.165, 1.54) is 37.1 Å². The molecule has 1 aromatic heterocycles. The molecule has 10 heteroatoms. The molecular weight excluding hydrogens is 366 g/mol. The van der Waals surface area contributed by atoms with Crippen molar-refractivity contribution >= 4 is 22.6 Å². The highest BCUT2D eigenvalue weighted by Crippen LogP contribution is 2.30. The number of methoxy groups -OCH3 is 1. The normalized spacial score (nSPS) is 14.6. The molecule has 0 aliphatic carbocycles. The molecular formula is C16H18F2N4O3S. The minimum atomic E-state index is -2.96. The number of anilines is 1. The number of rotatable bonds is 6. The molecule has 1 saturated heterocycles. The van der Waals surface area contributed by atoms with Gasteiger partial charge in [-0.05, 0) is 17.7 Å². The Morgan fingerprint density at radius 3 is 2.65 bits per heavy atom. The molecule has 1 aliphatic heterocycles. The van der Waals surface area contributed by atoms with Gasteiger partial charge in [0.15, 0.2) is 11.5 Å². The van der Waals surface area contributed by atoms with Crippen molar-refractivity contribution in [3.8, 4) is 11.5 Å². The Morgan fingerprint density at radius 1 is 1.27 bits per heavy atom. The number of carbonyl (C=O) groups excluding carboxylic acids is 1. The maximum absolute atomic E-state index is 12.5. The molecule has 140 valence electrons. The summed E-state index contributed by atoms with van der Waals surface area (Å²) in [6.07, 6.45) is 1.63. The van der Waals surface area contributed by atoms with Crippen molar-refractivity contribution in [2.45, 2.75) is 13.0 Å². The van der Waals surface area contributed by atoms with E-state index in [9.17, 15) is 13.6 Å². The third-order valence-corrected chi connectivity index (χ3v) is 4.78. The number of carbonyl (C=O) groups is 1. The zero-order valence-corrected chi connectivity index (χ0v) is 14.9. The van der Waals surface area contributed by atoms with Crippen LogP contribution < -0.4 is 14.4 Å². The topological polar surface area (TPSA) is 67.8 Å². The van der Waals surface area contributed by atoms with E-state index in [2.05, 4.69) is 19.0 Å². The average Bonchev–Trinajstić information content (AvgIpc) is 3.16. The van der Waals surface area contributed by atoms with Crippen molar-refractivity contribution < 1.29 is 23.0 Å². The third kappa shape index (κ3) is 4.37. The fourth-order valence-electron chi connectivity index (χ4n) is 2.76. The summed E-state index contributed by atoms with van der Waals surface area (Å²) >= 11 is 1.33. The molecule has 0 saturated carbocycles. The van der Waals surface area contributed by atoms with E-state index in [0.717, 1.165) is 5.13 Å². The smallest absolute Gasteiger partial charge is 0.387 e. The van der Waals surface area contributed by atoms with Crippen LogP contribution in [0.3, 0.4) is 0 Å². The van der Waals surface area contributed by atoms with Gasteiger partial charge in [-0.15, -0.1) is 0 Å². The second-order valence-electron chi connectivity index (χ2n) is 5.63. The molecule has 0 N–H and O–H groups in total. The summed E-state index contributed by atoms with van der Waals surface area (Å²) in [5, 5.41) is 0.848. The van der Waals surface area contributed by atoms with Gasteiger partial charge < -0.3 is 19.3 Å². The number of alkyl halides is 2. The lowest BCUT2D eigenvalue weighted by Crippen LogP contribution is -2.49. The summed E-state index contributed by atoms with van der Waals surface area (Å²) in [7, 11) is 1.37. The molecule has 2 aromatic rings. The van der Waals surface area contributed by atoms with Crippen LogP contribution in [-0.2, 0) is 11.2 Å². The second-order valence-corrected chi connectivity index (χ2v) is 6.39. The lowest BCUT2D eigenvalue weighted by molar-refractivity contribution is -0.130. The standard InChI is InChI=1S/C16H18F2N4O3S/c1-24-12-3-2-11(8-13(12)25-15(17)18)9-14(23)21-4-6-22(7-5-21)16-19-10-20-26-16/h2-3,8,10,15H,4-7,9H2,1H3. The number of ether oxygens (including phenoxy) is 2. The van der Waals surface area contributed by atoms with Gasteiger partial charge in [0.25, 0.3) is 0 Å². The molecule has 26 heavy (non-hydrogen) atoms. The van der Waals surface area contributed by atoms with Crippen LogP contribution in [0.1, 0.15) is 5.56 Å². The van der Waals surface area contributed by atoms with Gasteiger partial charge in [0.1, 0.15) is 6.33 Å². The van der Waals surface area contributed by atoms with Crippen molar-refractivity contribution in [1.29, 1.82) is 0 Å². The molecule has 1 amide bonds. The van der Waals surface area contributed by atoms with Crippen molar-refractivity contribution in [1.82, 2.24) is 14.3 Å². The Bertz CT molecular complexity index is 737. The van der Waals surface area contributed by atoms with Crippen LogP contribution in [0.4, 0.5) is 13.9 Å². The second kappa shape index (κ2) is 8.26. The summed E-state index contributed by atoms with van der Waals surface area (Å²) < 4.78 is 38.5. The van der Waals surface area contributed by atoms with Crippen molar-refractivity contribution in [3.63, 3.8) is 0 Å². The molecule has 0 bridgehead atoms. The van der Waals surface area contributed by atoms with E-state index in [-0.39, 0.29) is 23.8 Å². The molecule has 7 nitrogen and oxygen atoms in total. The first-order valence-corrected chi connectivity index (χ1v) is 8.75. The third-order valence-electron chi connectivity index (χ3n) is 4.05. The van der Waals surface area contributed by atoms with Gasteiger partial charge in [0.05, 0.1) is 13.5 Å². The molecule has 1 aromatic carbocycles. The zero-order chi connectivity index (χ0) is 18.5. The van der Waals surface area contributed by atoms with E-state index in [4.69, 9.17) is 4.74 Å². The molecule has 0 spiro atoms. The van der Waals surface area contributed by atoms with Gasteiger partial charge in [0, 0.05) is 37.7 Å². The Hall–Kier alpha value is -2.49. The van der Waals surface area contributed by atoms with Crippen LogP contribution in [0.2, 0.25) is 0 Å². The predicted molar refractivity (Wildman–Crippen MR) is 92.0 cm³/mol. The predicted octanol–water partition coefficient (Wildman–Crippen LogP) is 2.04. The van der Waals surface area contributed by atoms with Gasteiger partial charge in [-0.2, -0.15) is 13.2 Å². The van der Waals surface area contributed by atoms with Crippen LogP contribution in [0.25, 0.3) is 0 Å². The average molecular weight is 384 g/mol. The highest BCUT2D eigenvalue weighted by molar-refractivity contribution is 7.09. The quantitative estimate of drug-likeness (QED) is 0.759. The van der Waals surface area contributed by atoms with Crippen LogP contribution in [0.15, 0.2) is 24.5 Å². The van der Waals surface area contributed by atoms with Gasteiger partial charge in [-0.1, -0.05) is 6.07 Å². The Balaban J connectivity index is 1.60. The molecule has 0 radical (unpaired) electrons. The summed E-state index contributed by atoms with van der Waals surface area (Å²) in [5.74, 6) is 0.0659. The Kier molecular flexibility index (Phi) is 5.82. The van der Waals surface area contributed by atoms with Crippen molar-refractivity contribution in [2.24, 2.45) is 0 Å². The maximum atomic E-state index is 12.5. The van der Waals surface area contributed by atoms with Gasteiger partial charge in [-0.25, -0.2) is 4.98 Å². The first-order chi connectivity index (χ1) is 12.6. The van der Waals surface area contributed by atoms with E-state index < -0.39 is 6.61 Å². The molecule has 2 heterocycles. The number of hydrogen-bond donors (Lipinski definition) is 0. The van der Waals surface area contributed by atoms with Gasteiger partial charge in [-0.3, -0.25) is 4.79 Å². The molecule has 3 rings (SSSR count). The zero-order valence-electron chi connectivity index (χ0n) is 14.1. The van der Waals surface area contributed by atoms with E-state index >= 15 is 0 Å². The van der Waals surface area contributed by atoms with Gasteiger partial charge in [0.2, 0.25) is 11.0 Å². The Morgan fingerprint density at radius 2 is 2.04 bits per heavy atom. The maximum Gasteiger partial charge on any atom is 0.387 e. The molecule has 0 unspecified atom stereocenters. The fourth-order valence-corrected chi connectivity index (χ4v) is 3.34. The van der Waals surface area contributed by atoms with Gasteiger partial charge >= 0.3 is 6.61 Å². The van der Waals surface area contributed by atoms with Crippen LogP contribution in [0, 0.1) is 0 Å². The number of nitrogens with zero attached hydrogens (tertiary/aromatic N) is 4. The van der Waals surface area contributed by atoms with E-state index in [1.807, 2.05) is 0 Å². The first kappa shape index (κ1) is 18.3. The summed E-state index contributed by atoms with van der Waals surface area (Å²) in [6.45, 7) is -0.431. The number of halogens is 2. The highest BCUT2D eigenvalue weighted by Gasteiger charge is 2.23. The minimum Gasteiger partial charge on any atom is -0.493 e. The van der Waals surface area contributed by atoms with Crippen LogP contribution in [0.5, 0.6) is 11.5 Å². The first-order valence-electron chi connectivity index (χ1n) is 7.98. The van der Waals surface area contributed by atoms with E-state index in [0.29, 0.717) is 31.7 Å². The van der Waals surface area contributed by atoms with E-state index in [1.54, 1.807) is 11.0 Å².